The van der Waals surface area contributed by atoms with Gasteiger partial charge in [0.05, 0.1) is 36.0 Å². The first kappa shape index (κ1) is 31.9. The van der Waals surface area contributed by atoms with Crippen LogP contribution in [0.4, 0.5) is 0 Å². The predicted octanol–water partition coefficient (Wildman–Crippen LogP) is 4.06. The molecule has 0 radical (unpaired) electrons. The molecule has 0 spiro atoms. The molecule has 10 nitrogen and oxygen atoms in total. The van der Waals surface area contributed by atoms with Gasteiger partial charge in [0, 0.05) is 20.1 Å². The Morgan fingerprint density at radius 3 is 1.85 bits per heavy atom. The molecule has 0 saturated carbocycles. The first-order valence-electron chi connectivity index (χ1n) is 12.7. The minimum absolute atomic E-state index is 0.245. The molecule has 2 aromatic heterocycles. The maximum atomic E-state index is 12.4. The molecule has 0 saturated heterocycles. The molecule has 0 fully saturated rings. The molecule has 2 heterocycles. The number of hydrogen-bond donors (Lipinski definition) is 1. The fraction of sp³-hybridized carbons (Fsp3) is 0.429. The fourth-order valence-corrected chi connectivity index (χ4v) is 4.01. The fourth-order valence-electron chi connectivity index (χ4n) is 4.01. The van der Waals surface area contributed by atoms with Crippen molar-refractivity contribution in [2.45, 2.75) is 52.6 Å². The molecule has 11 heteroatoms. The Bertz CT molecular complexity index is 1630. The van der Waals surface area contributed by atoms with Crippen molar-refractivity contribution in [2.75, 3.05) is 19.2 Å². The average molecular weight is 653 g/mol. The van der Waals surface area contributed by atoms with Gasteiger partial charge in [0.25, 0.3) is 11.1 Å². The van der Waals surface area contributed by atoms with Crippen LogP contribution in [-0.2, 0) is 20.1 Å². The number of benzene rings is 2. The zero-order valence-electron chi connectivity index (χ0n) is 23.4. The quantitative estimate of drug-likeness (QED) is 0.227. The van der Waals surface area contributed by atoms with Gasteiger partial charge in [0.2, 0.25) is 0 Å². The highest BCUT2D eigenvalue weighted by Crippen LogP contribution is 2.17. The maximum absolute atomic E-state index is 12.4. The highest BCUT2D eigenvalue weighted by atomic mass is 127. The van der Waals surface area contributed by atoms with E-state index in [0.29, 0.717) is 46.4 Å². The van der Waals surface area contributed by atoms with E-state index in [0.717, 1.165) is 25.7 Å². The van der Waals surface area contributed by atoms with Crippen LogP contribution in [0.1, 0.15) is 39.5 Å². The lowest BCUT2D eigenvalue weighted by molar-refractivity contribution is 0.415. The van der Waals surface area contributed by atoms with Crippen LogP contribution in [0.25, 0.3) is 21.8 Å². The number of aryl methyl sites for hydroxylation is 1. The Kier molecular flexibility index (Phi) is 12.5. The van der Waals surface area contributed by atoms with E-state index < -0.39 is 0 Å². The van der Waals surface area contributed by atoms with Gasteiger partial charge in [0.1, 0.15) is 11.5 Å². The normalized spacial score (nSPS) is 10.4. The summed E-state index contributed by atoms with van der Waals surface area (Å²) in [6.07, 6.45) is 3.48. The van der Waals surface area contributed by atoms with Gasteiger partial charge >= 0.3 is 11.4 Å². The van der Waals surface area contributed by atoms with Crippen molar-refractivity contribution < 1.29 is 9.47 Å². The van der Waals surface area contributed by atoms with Gasteiger partial charge < -0.3 is 14.5 Å². The standard InChI is InChI=1S/C14H18N2O3.C13H16N2O3.CH3I/c1-4-5-8-16-13(17)11-9-10(19-3)6-7-12(11)15(2)14(16)18;1-3-4-7-15-12(16)10-8-9(18-2)5-6-11(10)14-13(15)17;1-2/h6-7,9H,4-5,8H2,1-3H3;5-6,8H,3-4,7H2,1-2H3,(H,14,17);1H3. The van der Waals surface area contributed by atoms with Crippen LogP contribution in [-0.4, -0.2) is 37.8 Å². The molecule has 0 aliphatic carbocycles. The highest BCUT2D eigenvalue weighted by Gasteiger charge is 2.11. The molecule has 0 unspecified atom stereocenters. The molecule has 4 rings (SSSR count). The number of nitrogens with zero attached hydrogens (tertiary/aromatic N) is 3. The van der Waals surface area contributed by atoms with E-state index in [4.69, 9.17) is 9.47 Å². The summed E-state index contributed by atoms with van der Waals surface area (Å²) in [5.74, 6) is 1.22. The summed E-state index contributed by atoms with van der Waals surface area (Å²) in [5, 5.41) is 0.989. The summed E-state index contributed by atoms with van der Waals surface area (Å²) in [5.41, 5.74) is 0.0379. The van der Waals surface area contributed by atoms with Gasteiger partial charge in [-0.15, -0.1) is 0 Å². The second-order valence-corrected chi connectivity index (χ2v) is 8.69. The second kappa shape index (κ2) is 15.3. The molecule has 1 N–H and O–H groups in total. The number of halogens is 1. The predicted molar refractivity (Wildman–Crippen MR) is 165 cm³/mol. The van der Waals surface area contributed by atoms with Crippen molar-refractivity contribution in [2.24, 2.45) is 7.05 Å². The third-order valence-electron chi connectivity index (χ3n) is 6.22. The Hall–Kier alpha value is -3.35. The van der Waals surface area contributed by atoms with E-state index in [1.54, 1.807) is 57.7 Å². The van der Waals surface area contributed by atoms with Gasteiger partial charge in [-0.1, -0.05) is 49.3 Å². The molecular weight excluding hydrogens is 615 g/mol. The summed E-state index contributed by atoms with van der Waals surface area (Å²) < 4.78 is 14.3. The van der Waals surface area contributed by atoms with Gasteiger partial charge in [-0.3, -0.25) is 23.3 Å². The van der Waals surface area contributed by atoms with Crippen molar-refractivity contribution in [1.82, 2.24) is 18.7 Å². The van der Waals surface area contributed by atoms with E-state index in [1.165, 1.54) is 13.7 Å². The van der Waals surface area contributed by atoms with Crippen molar-refractivity contribution in [3.63, 3.8) is 0 Å². The zero-order chi connectivity index (χ0) is 29.1. The lowest BCUT2D eigenvalue weighted by atomic mass is 10.2. The number of H-pyrrole nitrogens is 1. The molecule has 0 bridgehead atoms. The number of rotatable bonds is 8. The number of aromatic nitrogens is 4. The molecule has 2 aromatic carbocycles. The summed E-state index contributed by atoms with van der Waals surface area (Å²) >= 11 is 2.15. The Labute approximate surface area is 240 Å². The minimum atomic E-state index is -0.355. The van der Waals surface area contributed by atoms with Gasteiger partial charge in [-0.05, 0) is 54.2 Å². The molecule has 212 valence electrons. The van der Waals surface area contributed by atoms with Crippen LogP contribution in [0.5, 0.6) is 11.5 Å². The van der Waals surface area contributed by atoms with Crippen LogP contribution < -0.4 is 32.0 Å². The lowest BCUT2D eigenvalue weighted by Gasteiger charge is -2.11. The molecule has 0 aliphatic rings. The topological polar surface area (TPSA) is 117 Å². The van der Waals surface area contributed by atoms with Gasteiger partial charge in [-0.25, -0.2) is 9.59 Å². The van der Waals surface area contributed by atoms with E-state index in [2.05, 4.69) is 27.6 Å². The highest BCUT2D eigenvalue weighted by molar-refractivity contribution is 14.1. The average Bonchev–Trinajstić information content (AvgIpc) is 2.97. The van der Waals surface area contributed by atoms with E-state index in [-0.39, 0.29) is 22.5 Å². The van der Waals surface area contributed by atoms with E-state index in [1.807, 2.05) is 18.8 Å². The number of nitrogens with one attached hydrogen (secondary N) is 1. The largest absolute Gasteiger partial charge is 0.497 e. The smallest absolute Gasteiger partial charge is 0.331 e. The lowest BCUT2D eigenvalue weighted by Crippen LogP contribution is -2.39. The minimum Gasteiger partial charge on any atom is -0.497 e. The summed E-state index contributed by atoms with van der Waals surface area (Å²) in [7, 11) is 4.78. The molecule has 39 heavy (non-hydrogen) atoms. The Balaban J connectivity index is 0.000000258. The third kappa shape index (κ3) is 7.40. The number of fused-ring (bicyclic) bond motifs is 2. The van der Waals surface area contributed by atoms with Crippen molar-refractivity contribution in [3.8, 4) is 11.5 Å². The number of ether oxygens (including phenoxy) is 2. The Morgan fingerprint density at radius 2 is 1.28 bits per heavy atom. The molecule has 4 aromatic rings. The number of unbranched alkanes of at least 4 members (excludes halogenated alkanes) is 2. The van der Waals surface area contributed by atoms with Gasteiger partial charge in [-0.2, -0.15) is 0 Å². The first-order chi connectivity index (χ1) is 18.8. The van der Waals surface area contributed by atoms with Crippen LogP contribution in [0.15, 0.2) is 55.6 Å². The first-order valence-corrected chi connectivity index (χ1v) is 14.9. The summed E-state index contributed by atoms with van der Waals surface area (Å²) in [6, 6.07) is 10.2. The van der Waals surface area contributed by atoms with Crippen LogP contribution >= 0.6 is 22.6 Å². The summed E-state index contributed by atoms with van der Waals surface area (Å²) in [4.78, 5) is 53.2. The molecular formula is C28H37IN4O6. The molecule has 0 aliphatic heterocycles. The number of aromatic amines is 1. The molecule has 0 atom stereocenters. The second-order valence-electron chi connectivity index (χ2n) is 8.69. The Morgan fingerprint density at radius 1 is 0.769 bits per heavy atom. The summed E-state index contributed by atoms with van der Waals surface area (Å²) in [6.45, 7) is 4.94. The maximum Gasteiger partial charge on any atom is 0.331 e. The third-order valence-corrected chi connectivity index (χ3v) is 6.22. The van der Waals surface area contributed by atoms with Crippen LogP contribution in [0.2, 0.25) is 0 Å². The van der Waals surface area contributed by atoms with Gasteiger partial charge in [0.15, 0.2) is 0 Å². The number of hydrogen-bond acceptors (Lipinski definition) is 6. The van der Waals surface area contributed by atoms with Crippen molar-refractivity contribution >= 4 is 44.4 Å². The molecule has 0 amide bonds. The van der Waals surface area contributed by atoms with Crippen LogP contribution in [0.3, 0.4) is 0 Å². The SMILES string of the molecule is CCCCn1c(=O)[nH]c2ccc(OC)cc2c1=O.CCCCn1c(=O)c2cc(OC)ccc2n(C)c1=O.CI. The number of methoxy groups -OCH3 is 2. The monoisotopic (exact) mass is 652 g/mol. The van der Waals surface area contributed by atoms with Crippen LogP contribution in [0, 0.1) is 0 Å². The zero-order valence-corrected chi connectivity index (χ0v) is 25.5. The van der Waals surface area contributed by atoms with E-state index >= 15 is 0 Å². The van der Waals surface area contributed by atoms with E-state index in [9.17, 15) is 19.2 Å². The van der Waals surface area contributed by atoms with Crippen molar-refractivity contribution in [1.29, 1.82) is 0 Å². The number of alkyl halides is 1. The van der Waals surface area contributed by atoms with Crippen molar-refractivity contribution in [3.05, 3.63) is 78.1 Å².